The third kappa shape index (κ3) is 5.01. The van der Waals surface area contributed by atoms with E-state index in [1.165, 1.54) is 0 Å². The van der Waals surface area contributed by atoms with Crippen molar-refractivity contribution in [1.82, 2.24) is 15.1 Å². The minimum Gasteiger partial charge on any atom is -0.341 e. The van der Waals surface area contributed by atoms with Crippen molar-refractivity contribution >= 4 is 17.7 Å². The van der Waals surface area contributed by atoms with Gasteiger partial charge in [-0.05, 0) is 62.8 Å². The molecule has 6 nitrogen and oxygen atoms in total. The van der Waals surface area contributed by atoms with Gasteiger partial charge in [0.2, 0.25) is 5.91 Å². The van der Waals surface area contributed by atoms with Crippen LogP contribution in [0.3, 0.4) is 0 Å². The van der Waals surface area contributed by atoms with Crippen LogP contribution in [-0.4, -0.2) is 59.7 Å². The van der Waals surface area contributed by atoms with Gasteiger partial charge < -0.3 is 15.1 Å². The van der Waals surface area contributed by atoms with Gasteiger partial charge in [-0.15, -0.1) is 0 Å². The first-order chi connectivity index (χ1) is 15.5. The van der Waals surface area contributed by atoms with Gasteiger partial charge in [0, 0.05) is 37.3 Å². The average molecular weight is 434 g/mol. The number of hydrogen-bond acceptors (Lipinski definition) is 3. The molecule has 3 amide bonds. The fourth-order valence-electron chi connectivity index (χ4n) is 4.64. The summed E-state index contributed by atoms with van der Waals surface area (Å²) >= 11 is 0. The number of hydrogen-bond donors (Lipinski definition) is 1. The van der Waals surface area contributed by atoms with E-state index in [9.17, 15) is 14.4 Å². The molecule has 0 aliphatic carbocycles. The number of aryl methyl sites for hydroxylation is 1. The summed E-state index contributed by atoms with van der Waals surface area (Å²) < 4.78 is 0. The van der Waals surface area contributed by atoms with Crippen molar-refractivity contribution in [2.45, 2.75) is 38.6 Å². The summed E-state index contributed by atoms with van der Waals surface area (Å²) in [5.41, 5.74) is 2.37. The van der Waals surface area contributed by atoms with E-state index in [0.717, 1.165) is 31.5 Å². The highest BCUT2D eigenvalue weighted by atomic mass is 16.2. The number of likely N-dealkylation sites (tertiary alicyclic amines) is 2. The second kappa shape index (κ2) is 9.98. The number of benzene rings is 2. The predicted octanol–water partition coefficient (Wildman–Crippen LogP) is 3.27. The summed E-state index contributed by atoms with van der Waals surface area (Å²) in [5, 5.41) is 3.03. The van der Waals surface area contributed by atoms with E-state index >= 15 is 0 Å². The first-order valence-electron chi connectivity index (χ1n) is 11.5. The maximum Gasteiger partial charge on any atom is 0.253 e. The van der Waals surface area contributed by atoms with Gasteiger partial charge in [0.1, 0.15) is 6.04 Å². The Morgan fingerprint density at radius 1 is 0.812 bits per heavy atom. The Morgan fingerprint density at radius 3 is 2.06 bits per heavy atom. The highest BCUT2D eigenvalue weighted by Gasteiger charge is 2.37. The SMILES string of the molecule is Cc1ccc(C(=O)N2CCC([C@H](NC(=O)c3ccccc3)C(=O)N3CCCC3)CC2)cc1. The third-order valence-corrected chi connectivity index (χ3v) is 6.60. The van der Waals surface area contributed by atoms with Crippen molar-refractivity contribution in [1.29, 1.82) is 0 Å². The standard InChI is InChI=1S/C26H31N3O3/c1-19-9-11-22(12-10-19)25(31)29-17-13-20(14-18-29)23(26(32)28-15-5-6-16-28)27-24(30)21-7-3-2-4-8-21/h2-4,7-12,20,23H,5-6,13-18H2,1H3,(H,27,30)/t23-/m0/s1. The van der Waals surface area contributed by atoms with E-state index in [1.807, 2.05) is 59.2 Å². The lowest BCUT2D eigenvalue weighted by Crippen LogP contribution is -2.54. The number of amides is 3. The summed E-state index contributed by atoms with van der Waals surface area (Å²) in [7, 11) is 0. The molecule has 0 aromatic heterocycles. The quantitative estimate of drug-likeness (QED) is 0.787. The van der Waals surface area contributed by atoms with Crippen LogP contribution in [0.4, 0.5) is 0 Å². The molecule has 1 N–H and O–H groups in total. The normalized spacial score (nSPS) is 17.8. The molecule has 2 aromatic carbocycles. The molecule has 0 saturated carbocycles. The summed E-state index contributed by atoms with van der Waals surface area (Å²) in [6, 6.07) is 16.1. The van der Waals surface area contributed by atoms with Gasteiger partial charge in [-0.1, -0.05) is 35.9 Å². The zero-order valence-electron chi connectivity index (χ0n) is 18.6. The second-order valence-corrected chi connectivity index (χ2v) is 8.85. The molecule has 6 heteroatoms. The highest BCUT2D eigenvalue weighted by Crippen LogP contribution is 2.25. The van der Waals surface area contributed by atoms with E-state index < -0.39 is 6.04 Å². The van der Waals surface area contributed by atoms with Crippen LogP contribution in [0.5, 0.6) is 0 Å². The lowest BCUT2D eigenvalue weighted by molar-refractivity contribution is -0.134. The minimum absolute atomic E-state index is 0.00934. The molecular formula is C26H31N3O3. The Morgan fingerprint density at radius 2 is 1.44 bits per heavy atom. The Bertz CT molecular complexity index is 944. The second-order valence-electron chi connectivity index (χ2n) is 8.85. The maximum absolute atomic E-state index is 13.3. The van der Waals surface area contributed by atoms with E-state index in [0.29, 0.717) is 37.1 Å². The number of nitrogens with zero attached hydrogens (tertiary/aromatic N) is 2. The molecule has 0 unspecified atom stereocenters. The van der Waals surface area contributed by atoms with Gasteiger partial charge >= 0.3 is 0 Å². The predicted molar refractivity (Wildman–Crippen MR) is 123 cm³/mol. The number of nitrogens with one attached hydrogen (secondary N) is 1. The Hall–Kier alpha value is -3.15. The largest absolute Gasteiger partial charge is 0.341 e. The van der Waals surface area contributed by atoms with Crippen molar-refractivity contribution in [2.75, 3.05) is 26.2 Å². The van der Waals surface area contributed by atoms with E-state index in [4.69, 9.17) is 0 Å². The summed E-state index contributed by atoms with van der Waals surface area (Å²) in [5.74, 6) is -0.173. The lowest BCUT2D eigenvalue weighted by atomic mass is 9.88. The Balaban J connectivity index is 1.44. The molecule has 2 aliphatic heterocycles. The number of carbonyl (C=O) groups is 3. The number of rotatable bonds is 5. The summed E-state index contributed by atoms with van der Waals surface area (Å²) in [6.45, 7) is 4.67. The van der Waals surface area contributed by atoms with Crippen molar-refractivity contribution in [3.63, 3.8) is 0 Å². The van der Waals surface area contributed by atoms with Crippen LogP contribution < -0.4 is 5.32 Å². The molecular weight excluding hydrogens is 402 g/mol. The topological polar surface area (TPSA) is 69.7 Å². The zero-order chi connectivity index (χ0) is 22.5. The van der Waals surface area contributed by atoms with Crippen LogP contribution in [0.25, 0.3) is 0 Å². The smallest absolute Gasteiger partial charge is 0.253 e. The number of piperidine rings is 1. The molecule has 2 heterocycles. The molecule has 2 saturated heterocycles. The maximum atomic E-state index is 13.3. The average Bonchev–Trinajstić information content (AvgIpc) is 3.38. The van der Waals surface area contributed by atoms with E-state index in [1.54, 1.807) is 12.1 Å². The number of carbonyl (C=O) groups excluding carboxylic acids is 3. The Kier molecular flexibility index (Phi) is 6.88. The monoisotopic (exact) mass is 433 g/mol. The van der Waals surface area contributed by atoms with Gasteiger partial charge in [0.25, 0.3) is 11.8 Å². The van der Waals surface area contributed by atoms with Crippen molar-refractivity contribution in [3.05, 3.63) is 71.3 Å². The van der Waals surface area contributed by atoms with Crippen LogP contribution in [0.1, 0.15) is 52.0 Å². The third-order valence-electron chi connectivity index (χ3n) is 6.60. The molecule has 32 heavy (non-hydrogen) atoms. The fraction of sp³-hybridized carbons (Fsp3) is 0.423. The molecule has 168 valence electrons. The van der Waals surface area contributed by atoms with Crippen LogP contribution in [-0.2, 0) is 4.79 Å². The molecule has 0 bridgehead atoms. The van der Waals surface area contributed by atoms with Crippen LogP contribution >= 0.6 is 0 Å². The van der Waals surface area contributed by atoms with E-state index in [-0.39, 0.29) is 23.6 Å². The van der Waals surface area contributed by atoms with Gasteiger partial charge in [0.05, 0.1) is 0 Å². The van der Waals surface area contributed by atoms with Crippen LogP contribution in [0.15, 0.2) is 54.6 Å². The molecule has 2 fully saturated rings. The van der Waals surface area contributed by atoms with Gasteiger partial charge in [-0.25, -0.2) is 0 Å². The van der Waals surface area contributed by atoms with Crippen molar-refractivity contribution < 1.29 is 14.4 Å². The van der Waals surface area contributed by atoms with Gasteiger partial charge in [0.15, 0.2) is 0 Å². The first kappa shape index (κ1) is 22.1. The zero-order valence-corrected chi connectivity index (χ0v) is 18.6. The van der Waals surface area contributed by atoms with E-state index in [2.05, 4.69) is 5.32 Å². The van der Waals surface area contributed by atoms with Crippen LogP contribution in [0, 0.1) is 12.8 Å². The minimum atomic E-state index is -0.558. The van der Waals surface area contributed by atoms with Crippen molar-refractivity contribution in [2.24, 2.45) is 5.92 Å². The molecule has 0 spiro atoms. The first-order valence-corrected chi connectivity index (χ1v) is 11.5. The Labute approximate surface area is 189 Å². The molecule has 2 aromatic rings. The van der Waals surface area contributed by atoms with Gasteiger partial charge in [-0.3, -0.25) is 14.4 Å². The van der Waals surface area contributed by atoms with Gasteiger partial charge in [-0.2, -0.15) is 0 Å². The fourth-order valence-corrected chi connectivity index (χ4v) is 4.64. The highest BCUT2D eigenvalue weighted by molar-refractivity contribution is 5.97. The van der Waals surface area contributed by atoms with Crippen molar-refractivity contribution in [3.8, 4) is 0 Å². The molecule has 4 rings (SSSR count). The summed E-state index contributed by atoms with van der Waals surface area (Å²) in [4.78, 5) is 42.8. The summed E-state index contributed by atoms with van der Waals surface area (Å²) in [6.07, 6.45) is 3.40. The lowest BCUT2D eigenvalue weighted by Gasteiger charge is -2.37. The van der Waals surface area contributed by atoms with Crippen LogP contribution in [0.2, 0.25) is 0 Å². The molecule has 1 atom stereocenters. The molecule has 0 radical (unpaired) electrons. The molecule has 2 aliphatic rings.